The third-order valence-electron chi connectivity index (χ3n) is 7.06. The highest BCUT2D eigenvalue weighted by atomic mass is 14.5. The van der Waals surface area contributed by atoms with Crippen molar-refractivity contribution in [3.8, 4) is 0 Å². The Morgan fingerprint density at radius 2 is 0.524 bits per heavy atom. The normalized spacial score (nSPS) is 14.6. The Hall–Kier alpha value is 0. The molecule has 0 aliphatic rings. The van der Waals surface area contributed by atoms with Crippen LogP contribution >= 0.6 is 0 Å². The van der Waals surface area contributed by atoms with Crippen molar-refractivity contribution in [2.24, 2.45) is 46.3 Å². The van der Waals surface area contributed by atoms with Crippen LogP contribution in [0.15, 0.2) is 0 Å². The van der Waals surface area contributed by atoms with Crippen molar-refractivity contribution >= 4 is 0 Å². The first-order valence-corrected chi connectivity index (χ1v) is 9.37. The molecule has 0 amide bonds. The zero-order chi connectivity index (χ0) is 17.2. The Labute approximate surface area is 136 Å². The maximum Gasteiger partial charge on any atom is -0.0223 e. The quantitative estimate of drug-likeness (QED) is 0.441. The highest BCUT2D eigenvalue weighted by molar-refractivity contribution is 4.99. The Bertz CT molecular complexity index is 218. The lowest BCUT2D eigenvalue weighted by atomic mass is 9.49. The summed E-state index contributed by atoms with van der Waals surface area (Å²) in [5.74, 6) is 4.38. The van der Waals surface area contributed by atoms with Gasteiger partial charge in [0.05, 0.1) is 0 Å². The Balaban J connectivity index is 6.06. The van der Waals surface area contributed by atoms with Gasteiger partial charge < -0.3 is 0 Å². The van der Waals surface area contributed by atoms with Crippen LogP contribution in [-0.2, 0) is 0 Å². The molecule has 128 valence electrons. The van der Waals surface area contributed by atoms with Gasteiger partial charge in [0, 0.05) is 0 Å². The van der Waals surface area contributed by atoms with Crippen molar-refractivity contribution in [3.63, 3.8) is 0 Å². The summed E-state index contributed by atoms with van der Waals surface area (Å²) in [6.07, 6.45) is 1.36. The summed E-state index contributed by atoms with van der Waals surface area (Å²) in [4.78, 5) is 0. The standard InChI is InChI=1S/C21H44/c1-14(2)20(15(3)4,16(5)6)13-21(17(7)8,18(9)10)19(11)12/h14-19H,13H2,1-12H3. The molecule has 0 N–H and O–H groups in total. The van der Waals surface area contributed by atoms with E-state index in [1.54, 1.807) is 0 Å². The van der Waals surface area contributed by atoms with Crippen LogP contribution in [0.1, 0.15) is 89.5 Å². The lowest BCUT2D eigenvalue weighted by Gasteiger charge is -2.56. The van der Waals surface area contributed by atoms with Crippen molar-refractivity contribution < 1.29 is 0 Å². The summed E-state index contributed by atoms with van der Waals surface area (Å²) in [6, 6.07) is 0. The van der Waals surface area contributed by atoms with E-state index in [1.807, 2.05) is 0 Å². The summed E-state index contributed by atoms with van der Waals surface area (Å²) < 4.78 is 0. The topological polar surface area (TPSA) is 0 Å². The second-order valence-corrected chi connectivity index (χ2v) is 9.33. The molecule has 0 nitrogen and oxygen atoms in total. The maximum atomic E-state index is 2.45. The number of hydrogen-bond donors (Lipinski definition) is 0. The van der Waals surface area contributed by atoms with Gasteiger partial charge in [-0.05, 0) is 52.8 Å². The molecule has 0 bridgehead atoms. The first-order valence-electron chi connectivity index (χ1n) is 9.37. The highest BCUT2D eigenvalue weighted by Crippen LogP contribution is 2.57. The summed E-state index contributed by atoms with van der Waals surface area (Å²) in [6.45, 7) is 29.4. The van der Waals surface area contributed by atoms with E-state index in [4.69, 9.17) is 0 Å². The van der Waals surface area contributed by atoms with Gasteiger partial charge in [0.15, 0.2) is 0 Å². The lowest BCUT2D eigenvalue weighted by molar-refractivity contribution is -0.0733. The van der Waals surface area contributed by atoms with E-state index in [1.165, 1.54) is 6.42 Å². The van der Waals surface area contributed by atoms with Crippen molar-refractivity contribution in [3.05, 3.63) is 0 Å². The first-order chi connectivity index (χ1) is 9.37. The molecule has 0 saturated heterocycles. The highest BCUT2D eigenvalue weighted by Gasteiger charge is 2.50. The summed E-state index contributed by atoms with van der Waals surface area (Å²) >= 11 is 0. The second-order valence-electron chi connectivity index (χ2n) is 9.33. The molecule has 0 aromatic carbocycles. The molecule has 0 unspecified atom stereocenters. The molecule has 0 rings (SSSR count). The van der Waals surface area contributed by atoms with Gasteiger partial charge >= 0.3 is 0 Å². The Morgan fingerprint density at radius 1 is 0.381 bits per heavy atom. The fraction of sp³-hybridized carbons (Fsp3) is 1.00. The van der Waals surface area contributed by atoms with Gasteiger partial charge in [-0.3, -0.25) is 0 Å². The van der Waals surface area contributed by atoms with Gasteiger partial charge in [-0.15, -0.1) is 0 Å². The molecular formula is C21H44. The summed E-state index contributed by atoms with van der Waals surface area (Å²) in [7, 11) is 0. The predicted octanol–water partition coefficient (Wildman–Crippen LogP) is 7.29. The second kappa shape index (κ2) is 7.51. The molecule has 0 aliphatic carbocycles. The van der Waals surface area contributed by atoms with Crippen molar-refractivity contribution in [1.29, 1.82) is 0 Å². The first kappa shape index (κ1) is 21.0. The van der Waals surface area contributed by atoms with Crippen molar-refractivity contribution in [2.45, 2.75) is 89.5 Å². The lowest BCUT2D eigenvalue weighted by Crippen LogP contribution is -2.49. The third-order valence-corrected chi connectivity index (χ3v) is 7.06. The summed E-state index contributed by atoms with van der Waals surface area (Å²) in [5, 5.41) is 0. The van der Waals surface area contributed by atoms with Crippen LogP contribution < -0.4 is 0 Å². The molecule has 0 radical (unpaired) electrons. The number of hydrogen-bond acceptors (Lipinski definition) is 0. The van der Waals surface area contributed by atoms with Crippen LogP contribution in [0.2, 0.25) is 0 Å². The van der Waals surface area contributed by atoms with E-state index in [-0.39, 0.29) is 0 Å². The maximum absolute atomic E-state index is 2.45. The average Bonchev–Trinajstić information content (AvgIpc) is 2.26. The minimum Gasteiger partial charge on any atom is -0.0622 e. The average molecular weight is 297 g/mol. The van der Waals surface area contributed by atoms with Gasteiger partial charge in [0.1, 0.15) is 0 Å². The molecular weight excluding hydrogens is 252 g/mol. The summed E-state index contributed by atoms with van der Waals surface area (Å²) in [5.41, 5.74) is 0.859. The monoisotopic (exact) mass is 296 g/mol. The molecule has 0 heteroatoms. The Kier molecular flexibility index (Phi) is 7.51. The largest absolute Gasteiger partial charge is 0.0622 e. The van der Waals surface area contributed by atoms with Gasteiger partial charge in [-0.2, -0.15) is 0 Å². The number of rotatable bonds is 8. The van der Waals surface area contributed by atoms with Crippen LogP contribution in [-0.4, -0.2) is 0 Å². The molecule has 0 aromatic heterocycles. The SMILES string of the molecule is CC(C)C(CC(C(C)C)(C(C)C)C(C)C)(C(C)C)C(C)C. The van der Waals surface area contributed by atoms with Crippen LogP contribution in [0.4, 0.5) is 0 Å². The third kappa shape index (κ3) is 3.67. The van der Waals surface area contributed by atoms with Crippen molar-refractivity contribution in [2.75, 3.05) is 0 Å². The van der Waals surface area contributed by atoms with Crippen LogP contribution in [0, 0.1) is 46.3 Å². The zero-order valence-electron chi connectivity index (χ0n) is 17.2. The van der Waals surface area contributed by atoms with Crippen molar-refractivity contribution in [1.82, 2.24) is 0 Å². The van der Waals surface area contributed by atoms with E-state index in [0.717, 1.165) is 35.5 Å². The van der Waals surface area contributed by atoms with E-state index in [9.17, 15) is 0 Å². The molecule has 21 heavy (non-hydrogen) atoms. The van der Waals surface area contributed by atoms with E-state index in [0.29, 0.717) is 10.8 Å². The van der Waals surface area contributed by atoms with E-state index >= 15 is 0 Å². The van der Waals surface area contributed by atoms with Crippen LogP contribution in [0.5, 0.6) is 0 Å². The zero-order valence-corrected chi connectivity index (χ0v) is 17.2. The molecule has 0 aromatic rings. The molecule has 0 heterocycles. The van der Waals surface area contributed by atoms with E-state index in [2.05, 4.69) is 83.1 Å². The molecule has 0 atom stereocenters. The van der Waals surface area contributed by atoms with Crippen LogP contribution in [0.3, 0.4) is 0 Å². The molecule has 0 aliphatic heterocycles. The van der Waals surface area contributed by atoms with Gasteiger partial charge in [-0.25, -0.2) is 0 Å². The fourth-order valence-electron chi connectivity index (χ4n) is 5.76. The molecule has 0 fully saturated rings. The molecule has 0 saturated carbocycles. The molecule has 0 spiro atoms. The fourth-order valence-corrected chi connectivity index (χ4v) is 5.76. The van der Waals surface area contributed by atoms with Gasteiger partial charge in [0.25, 0.3) is 0 Å². The van der Waals surface area contributed by atoms with E-state index < -0.39 is 0 Å². The van der Waals surface area contributed by atoms with Gasteiger partial charge in [-0.1, -0.05) is 83.1 Å². The van der Waals surface area contributed by atoms with Gasteiger partial charge in [0.2, 0.25) is 0 Å². The minimum atomic E-state index is 0.429. The predicted molar refractivity (Wildman–Crippen MR) is 98.5 cm³/mol. The smallest absolute Gasteiger partial charge is 0.0223 e. The van der Waals surface area contributed by atoms with Crippen LogP contribution in [0.25, 0.3) is 0 Å². The Morgan fingerprint density at radius 3 is 0.619 bits per heavy atom. The minimum absolute atomic E-state index is 0.429.